The van der Waals surface area contributed by atoms with Gasteiger partial charge in [0.25, 0.3) is 21.9 Å². The Labute approximate surface area is 793 Å². The summed E-state index contributed by atoms with van der Waals surface area (Å²) in [5.74, 6) is 7.33. The van der Waals surface area contributed by atoms with Crippen molar-refractivity contribution in [2.45, 2.75) is 121 Å². The number of Topliss-reactive ketones (excluding diaryl/α,β-unsaturated/α-hetero) is 3. The normalized spacial score (nSPS) is 12.5. The Bertz CT molecular complexity index is 6270. The Kier molecular flexibility index (Phi) is 38.5. The Morgan fingerprint density at radius 2 is 0.733 bits per heavy atom. The molecule has 2 aliphatic heterocycles. The van der Waals surface area contributed by atoms with Gasteiger partial charge in [-0.2, -0.15) is 8.42 Å². The van der Waals surface area contributed by atoms with Gasteiger partial charge < -0.3 is 43.4 Å². The van der Waals surface area contributed by atoms with Crippen LogP contribution >= 0.6 is 0 Å². The van der Waals surface area contributed by atoms with Crippen molar-refractivity contribution in [3.63, 3.8) is 0 Å². The first-order valence-corrected chi connectivity index (χ1v) is 50.3. The van der Waals surface area contributed by atoms with Gasteiger partial charge in [0, 0.05) is 142 Å². The van der Waals surface area contributed by atoms with Crippen LogP contribution in [-0.2, 0) is 93.8 Å². The molecule has 10 aromatic rings. The van der Waals surface area contributed by atoms with Crippen LogP contribution in [0.1, 0.15) is 166 Å². The van der Waals surface area contributed by atoms with Crippen molar-refractivity contribution in [1.82, 2.24) is 14.7 Å². The Hall–Kier alpha value is -12.7. The fourth-order valence-corrected chi connectivity index (χ4v) is 19.4. The highest BCUT2D eigenvalue weighted by Gasteiger charge is 2.33. The number of aryl methyl sites for hydroxylation is 6. The van der Waals surface area contributed by atoms with Crippen LogP contribution in [0.15, 0.2) is 252 Å². The van der Waals surface area contributed by atoms with E-state index in [0.29, 0.717) is 74.4 Å². The van der Waals surface area contributed by atoms with Gasteiger partial charge in [0.1, 0.15) is 5.78 Å². The molecule has 24 nitrogen and oxygen atoms in total. The number of carbonyl (C=O) groups is 8. The van der Waals surface area contributed by atoms with E-state index in [1.807, 2.05) is 173 Å². The Morgan fingerprint density at radius 1 is 0.370 bits per heavy atom. The summed E-state index contributed by atoms with van der Waals surface area (Å²) in [6.45, 7) is 10.1. The lowest BCUT2D eigenvalue weighted by atomic mass is 9.92. The second-order valence-corrected chi connectivity index (χ2v) is 39.4. The summed E-state index contributed by atoms with van der Waals surface area (Å²) in [4.78, 5) is 120. The molecule has 0 fully saturated rings. The number of carbonyl (C=O) groups excluding carboxylic acids is 8. The number of hydrogen-bond acceptors (Lipinski definition) is 18. The lowest BCUT2D eigenvalue weighted by Crippen LogP contribution is -2.41. The van der Waals surface area contributed by atoms with Gasteiger partial charge in [-0.1, -0.05) is 204 Å². The van der Waals surface area contributed by atoms with Gasteiger partial charge in [0.05, 0.1) is 91.2 Å². The number of ether oxygens (including phenoxy) is 4. The zero-order valence-electron chi connectivity index (χ0n) is 77.3. The first-order chi connectivity index (χ1) is 64.9. The molecule has 2 aliphatic rings. The summed E-state index contributed by atoms with van der Waals surface area (Å²) < 4.78 is 109. The summed E-state index contributed by atoms with van der Waals surface area (Å²) in [6.07, 6.45) is 1.95. The van der Waals surface area contributed by atoms with Crippen LogP contribution in [0.25, 0.3) is 0 Å². The molecule has 10 aromatic carbocycles. The average Bonchev–Trinajstić information content (AvgIpc) is 0.808. The minimum atomic E-state index is -4.35. The fraction of sp³-hybridized carbons (Fsp3) is 0.333. The van der Waals surface area contributed by atoms with Crippen LogP contribution in [-0.4, -0.2) is 202 Å². The van der Waals surface area contributed by atoms with Crippen LogP contribution < -0.4 is 9.80 Å². The van der Waals surface area contributed by atoms with E-state index in [9.17, 15) is 68.2 Å². The summed E-state index contributed by atoms with van der Waals surface area (Å²) in [5, 5.41) is 0. The third-order valence-corrected chi connectivity index (χ3v) is 28.1. The Balaban J connectivity index is 0.000000261. The van der Waals surface area contributed by atoms with Crippen molar-refractivity contribution in [2.75, 3.05) is 120 Å². The van der Waals surface area contributed by atoms with E-state index in [1.54, 1.807) is 94.6 Å². The van der Waals surface area contributed by atoms with Crippen molar-refractivity contribution in [3.8, 4) is 23.7 Å². The largest absolute Gasteiger partial charge is 0.382 e. The van der Waals surface area contributed by atoms with E-state index in [0.717, 1.165) is 66.9 Å². The van der Waals surface area contributed by atoms with E-state index in [-0.39, 0.29) is 172 Å². The van der Waals surface area contributed by atoms with Crippen LogP contribution in [0.5, 0.6) is 0 Å². The van der Waals surface area contributed by atoms with E-state index >= 15 is 0 Å². The smallest absolute Gasteiger partial charge is 0.264 e. The number of ketones is 3. The predicted molar refractivity (Wildman–Crippen MR) is 522 cm³/mol. The SMILES string of the molecule is COCCOCCN(CCC(=O)CCCC(=O)N1Cc2ccccc2C#Cc2ccccc21)C(=O)c1ccc(C(=O)C(CCc2ccc(C)cc2)CS(=O)(=O)c2ccc(C)cc2)cc1.COCCOCCN(CCC(=O)N(CCCS(=O)(=O)O)CCC(=O)N1Cc2ccccc2C#Cc2ccccc21)C(=O)c1ccc(C(=O)C(CCc2ccc(C)cc2)CS(=O)(=O)c2ccc(C)cc2)cc1. The third kappa shape index (κ3) is 31.2. The fourth-order valence-electron chi connectivity index (χ4n) is 15.8. The molecule has 1 N–H and O–H groups in total. The first kappa shape index (κ1) is 103. The lowest BCUT2D eigenvalue weighted by Gasteiger charge is -2.29. The summed E-state index contributed by atoms with van der Waals surface area (Å²) in [5.41, 5.74) is 13.3. The van der Waals surface area contributed by atoms with Crippen molar-refractivity contribution >= 4 is 88.1 Å². The molecule has 27 heteroatoms. The molecular formula is C108H117N5O19S3. The van der Waals surface area contributed by atoms with Crippen molar-refractivity contribution in [1.29, 1.82) is 0 Å². The summed E-state index contributed by atoms with van der Waals surface area (Å²) in [6, 6.07) is 71.5. The van der Waals surface area contributed by atoms with E-state index in [4.69, 9.17) is 18.9 Å². The maximum absolute atomic E-state index is 14.2. The first-order valence-electron chi connectivity index (χ1n) is 45.4. The van der Waals surface area contributed by atoms with E-state index < -0.39 is 64.9 Å². The molecule has 135 heavy (non-hydrogen) atoms. The minimum Gasteiger partial charge on any atom is -0.382 e. The second-order valence-electron chi connectivity index (χ2n) is 33.8. The molecule has 0 spiro atoms. The van der Waals surface area contributed by atoms with E-state index in [1.165, 1.54) is 41.2 Å². The van der Waals surface area contributed by atoms with Gasteiger partial charge in [-0.15, -0.1) is 0 Å². The molecule has 5 amide bonds. The van der Waals surface area contributed by atoms with Gasteiger partial charge in [0.2, 0.25) is 17.7 Å². The highest BCUT2D eigenvalue weighted by molar-refractivity contribution is 7.91. The maximum atomic E-state index is 14.2. The zero-order valence-corrected chi connectivity index (χ0v) is 79.8. The number of methoxy groups -OCH3 is 2. The van der Waals surface area contributed by atoms with Gasteiger partial charge in [-0.25, -0.2) is 16.8 Å². The number of nitrogens with zero attached hydrogens (tertiary/aromatic N) is 5. The molecule has 0 saturated heterocycles. The molecule has 0 aromatic heterocycles. The van der Waals surface area contributed by atoms with Crippen LogP contribution in [0.3, 0.4) is 0 Å². The molecule has 0 radical (unpaired) electrons. The molecule has 12 rings (SSSR count). The molecule has 0 saturated carbocycles. The third-order valence-electron chi connectivity index (χ3n) is 23.7. The Morgan fingerprint density at radius 3 is 1.15 bits per heavy atom. The quantitative estimate of drug-likeness (QED) is 0.0160. The number of hydrogen-bond donors (Lipinski definition) is 1. The van der Waals surface area contributed by atoms with Crippen LogP contribution in [0, 0.1) is 63.2 Å². The summed E-state index contributed by atoms with van der Waals surface area (Å²) >= 11 is 0. The minimum absolute atomic E-state index is 0.0724. The monoisotopic (exact) mass is 1880 g/mol. The highest BCUT2D eigenvalue weighted by Crippen LogP contribution is 2.32. The van der Waals surface area contributed by atoms with Gasteiger partial charge >= 0.3 is 0 Å². The topological polar surface area (TPSA) is 312 Å². The van der Waals surface area contributed by atoms with Gasteiger partial charge in [0.15, 0.2) is 31.2 Å². The number of sulfone groups is 2. The number of rotatable bonds is 47. The van der Waals surface area contributed by atoms with Crippen molar-refractivity contribution < 1.29 is 87.1 Å². The van der Waals surface area contributed by atoms with Crippen molar-refractivity contribution in [2.24, 2.45) is 11.8 Å². The van der Waals surface area contributed by atoms with E-state index in [2.05, 4.69) is 23.7 Å². The molecular weight excluding hydrogens is 1770 g/mol. The standard InChI is InChI=1S/C55H61N3O11S2.C53H56N2O8S/c1-41-13-17-43(18-14-41)19-20-49(40-70(63,64)50-27-15-42(2)16-28-50)54(61)46-23-25-47(26-24-46)55(62)57(34-35-69-37-36-68-3)33-29-52(59)56(31-8-38-71(65,66)67)32-30-53(60)58-39-48-11-5-4-9-44(48)21-22-45-10-6-7-12-51(45)58;1-39-15-19-41(20-16-39)21-22-47(38-64(60,61)49-29-17-40(2)18-30-49)52(58)44-25-27-45(28-26-44)53(59)54(33-34-63-36-35-62-3)32-31-48(56)12-8-14-51(57)55-37-46-11-5-4-9-42(46)23-24-43-10-6-7-13-50(43)55/h4-7,9-18,23-28,49H,8,19-20,29-40H2,1-3H3,(H,65,66,67);4-7,9-11,13,15-20,25-30,47H,8,12,14,21-22,31-38H2,1-3H3. The molecule has 0 bridgehead atoms. The zero-order chi connectivity index (χ0) is 96.4. The van der Waals surface area contributed by atoms with Crippen LogP contribution in [0.4, 0.5) is 11.4 Å². The number of anilines is 2. The lowest BCUT2D eigenvalue weighted by molar-refractivity contribution is -0.132. The number of amides is 5. The second kappa shape index (κ2) is 50.6. The van der Waals surface area contributed by atoms with Gasteiger partial charge in [-0.05, 0) is 173 Å². The molecule has 0 aliphatic carbocycles. The summed E-state index contributed by atoms with van der Waals surface area (Å²) in [7, 11) is -8.88. The van der Waals surface area contributed by atoms with Crippen LogP contribution in [0.2, 0.25) is 0 Å². The molecule has 2 heterocycles. The van der Waals surface area contributed by atoms with Crippen molar-refractivity contribution in [3.05, 3.63) is 332 Å². The average molecular weight is 1890 g/mol. The number of fused-ring (bicyclic) bond motifs is 4. The number of benzene rings is 10. The molecule has 706 valence electrons. The number of para-hydroxylation sites is 2. The molecule has 2 unspecified atom stereocenters. The predicted octanol–water partition coefficient (Wildman–Crippen LogP) is 15.5. The maximum Gasteiger partial charge on any atom is 0.264 e. The molecule has 2 atom stereocenters. The van der Waals surface area contributed by atoms with Gasteiger partial charge in [-0.3, -0.25) is 42.9 Å². The highest BCUT2D eigenvalue weighted by atomic mass is 32.2.